The number of hydrogen-bond acceptors (Lipinski definition) is 3. The fourth-order valence-corrected chi connectivity index (χ4v) is 3.79. The highest BCUT2D eigenvalue weighted by molar-refractivity contribution is 6.05. The number of nitrogens with one attached hydrogen (secondary N) is 1. The van der Waals surface area contributed by atoms with Crippen molar-refractivity contribution < 1.29 is 9.53 Å². The first-order chi connectivity index (χ1) is 16.5. The Bertz CT molecular complexity index is 1370. The van der Waals surface area contributed by atoms with Crippen LogP contribution in [-0.2, 0) is 11.4 Å². The lowest BCUT2D eigenvalue weighted by molar-refractivity contribution is -0.117. The summed E-state index contributed by atoms with van der Waals surface area (Å²) < 4.78 is 6.16. The van der Waals surface area contributed by atoms with Crippen LogP contribution in [0.4, 0.5) is 0 Å². The van der Waals surface area contributed by atoms with Crippen LogP contribution in [0.3, 0.4) is 0 Å². The minimum atomic E-state index is -0.420. The fraction of sp³-hybridized carbons (Fsp3) is 0.133. The summed E-state index contributed by atoms with van der Waals surface area (Å²) in [4.78, 5) is 13.0. The van der Waals surface area contributed by atoms with Crippen molar-refractivity contribution in [2.45, 2.75) is 26.5 Å². The lowest BCUT2D eigenvalue weighted by Gasteiger charge is -2.15. The molecule has 4 aromatic carbocycles. The molecule has 0 bridgehead atoms. The number of carbonyl (C=O) groups excluding carboxylic acids is 1. The van der Waals surface area contributed by atoms with Gasteiger partial charge < -0.3 is 10.1 Å². The number of ether oxygens (including phenoxy) is 1. The molecule has 168 valence electrons. The molecule has 0 fully saturated rings. The van der Waals surface area contributed by atoms with E-state index >= 15 is 0 Å². The molecule has 1 N–H and O–H groups in total. The maximum atomic E-state index is 13.0. The minimum absolute atomic E-state index is 0.0271. The first-order valence-corrected chi connectivity index (χ1v) is 11.2. The molecule has 0 aliphatic carbocycles. The molecule has 0 aromatic heterocycles. The van der Waals surface area contributed by atoms with E-state index in [0.717, 1.165) is 21.9 Å². The maximum absolute atomic E-state index is 13.0. The molecule has 34 heavy (non-hydrogen) atoms. The fourth-order valence-electron chi connectivity index (χ4n) is 3.79. The van der Waals surface area contributed by atoms with E-state index in [1.165, 1.54) is 5.56 Å². The lowest BCUT2D eigenvalue weighted by atomic mass is 10.0. The SMILES string of the molecule is Cc1ccc(COc2ccc3ccccc3c2/C=C(/C#N)C(=O)N[C@@H](C)c2ccccc2)cc1. The van der Waals surface area contributed by atoms with Crippen molar-refractivity contribution in [3.8, 4) is 11.8 Å². The second kappa shape index (κ2) is 10.5. The van der Waals surface area contributed by atoms with Gasteiger partial charge in [-0.05, 0) is 47.9 Å². The van der Waals surface area contributed by atoms with E-state index in [1.807, 2.05) is 105 Å². The van der Waals surface area contributed by atoms with Gasteiger partial charge in [-0.1, -0.05) is 90.5 Å². The van der Waals surface area contributed by atoms with Crippen LogP contribution in [0.15, 0.2) is 96.6 Å². The number of aryl methyl sites for hydroxylation is 1. The Labute approximate surface area is 200 Å². The molecule has 4 aromatic rings. The molecule has 0 aliphatic rings. The molecule has 1 atom stereocenters. The maximum Gasteiger partial charge on any atom is 0.262 e. The Balaban J connectivity index is 1.66. The molecule has 4 heteroatoms. The van der Waals surface area contributed by atoms with E-state index in [4.69, 9.17) is 4.74 Å². The van der Waals surface area contributed by atoms with Crippen molar-refractivity contribution >= 4 is 22.8 Å². The zero-order chi connectivity index (χ0) is 23.9. The van der Waals surface area contributed by atoms with E-state index in [-0.39, 0.29) is 11.6 Å². The first kappa shape index (κ1) is 22.8. The molecule has 0 heterocycles. The molecule has 1 amide bonds. The molecule has 0 aliphatic heterocycles. The summed E-state index contributed by atoms with van der Waals surface area (Å²) in [6, 6.07) is 31.4. The molecule has 4 nitrogen and oxygen atoms in total. The van der Waals surface area contributed by atoms with Crippen LogP contribution < -0.4 is 10.1 Å². The van der Waals surface area contributed by atoms with Crippen LogP contribution in [-0.4, -0.2) is 5.91 Å². The second-order valence-electron chi connectivity index (χ2n) is 8.25. The summed E-state index contributed by atoms with van der Waals surface area (Å²) in [5.74, 6) is 0.201. The van der Waals surface area contributed by atoms with Gasteiger partial charge in [0.1, 0.15) is 24.0 Å². The summed E-state index contributed by atoms with van der Waals surface area (Å²) in [6.45, 7) is 4.33. The predicted octanol–water partition coefficient (Wildman–Crippen LogP) is 6.51. The molecule has 0 radical (unpaired) electrons. The smallest absolute Gasteiger partial charge is 0.262 e. The Morgan fingerprint density at radius 2 is 1.68 bits per heavy atom. The Kier molecular flexibility index (Phi) is 7.05. The van der Waals surface area contributed by atoms with E-state index in [0.29, 0.717) is 17.9 Å². The topological polar surface area (TPSA) is 62.1 Å². The van der Waals surface area contributed by atoms with Gasteiger partial charge in [-0.15, -0.1) is 0 Å². The van der Waals surface area contributed by atoms with Gasteiger partial charge >= 0.3 is 0 Å². The van der Waals surface area contributed by atoms with Crippen LogP contribution in [0.2, 0.25) is 0 Å². The summed E-state index contributed by atoms with van der Waals surface area (Å²) >= 11 is 0. The van der Waals surface area contributed by atoms with Crippen molar-refractivity contribution in [3.05, 3.63) is 119 Å². The monoisotopic (exact) mass is 446 g/mol. The Morgan fingerprint density at radius 1 is 0.971 bits per heavy atom. The van der Waals surface area contributed by atoms with E-state index < -0.39 is 5.91 Å². The number of fused-ring (bicyclic) bond motifs is 1. The predicted molar refractivity (Wildman–Crippen MR) is 136 cm³/mol. The second-order valence-corrected chi connectivity index (χ2v) is 8.25. The molecular weight excluding hydrogens is 420 g/mol. The van der Waals surface area contributed by atoms with Crippen molar-refractivity contribution in [1.82, 2.24) is 5.32 Å². The van der Waals surface area contributed by atoms with Gasteiger partial charge in [-0.25, -0.2) is 0 Å². The molecule has 0 saturated heterocycles. The van der Waals surface area contributed by atoms with E-state index in [2.05, 4.69) is 11.4 Å². The number of benzene rings is 4. The minimum Gasteiger partial charge on any atom is -0.488 e. The zero-order valence-electron chi connectivity index (χ0n) is 19.3. The van der Waals surface area contributed by atoms with Crippen LogP contribution in [0.1, 0.15) is 35.2 Å². The number of nitrogens with zero attached hydrogens (tertiary/aromatic N) is 1. The van der Waals surface area contributed by atoms with Gasteiger partial charge in [-0.3, -0.25) is 4.79 Å². The molecule has 0 saturated carbocycles. The van der Waals surface area contributed by atoms with Gasteiger partial charge in [0.15, 0.2) is 0 Å². The van der Waals surface area contributed by atoms with Crippen molar-refractivity contribution in [2.24, 2.45) is 0 Å². The van der Waals surface area contributed by atoms with Crippen LogP contribution in [0.5, 0.6) is 5.75 Å². The molecule has 0 spiro atoms. The third kappa shape index (κ3) is 5.33. The quantitative estimate of drug-likeness (QED) is 0.260. The van der Waals surface area contributed by atoms with Crippen LogP contribution in [0.25, 0.3) is 16.8 Å². The third-order valence-corrected chi connectivity index (χ3v) is 5.75. The van der Waals surface area contributed by atoms with Gasteiger partial charge in [0.2, 0.25) is 0 Å². The lowest BCUT2D eigenvalue weighted by Crippen LogP contribution is -2.27. The van der Waals surface area contributed by atoms with Crippen LogP contribution >= 0.6 is 0 Å². The number of carbonyl (C=O) groups is 1. The largest absolute Gasteiger partial charge is 0.488 e. The highest BCUT2D eigenvalue weighted by Gasteiger charge is 2.16. The van der Waals surface area contributed by atoms with Gasteiger partial charge in [0.05, 0.1) is 6.04 Å². The van der Waals surface area contributed by atoms with Crippen molar-refractivity contribution in [1.29, 1.82) is 5.26 Å². The summed E-state index contributed by atoms with van der Waals surface area (Å²) in [5, 5.41) is 14.7. The number of rotatable bonds is 7. The number of nitriles is 1. The number of amides is 1. The Hall–Kier alpha value is -4.36. The van der Waals surface area contributed by atoms with E-state index in [1.54, 1.807) is 6.08 Å². The Morgan fingerprint density at radius 3 is 2.41 bits per heavy atom. The van der Waals surface area contributed by atoms with Crippen molar-refractivity contribution in [2.75, 3.05) is 0 Å². The highest BCUT2D eigenvalue weighted by atomic mass is 16.5. The van der Waals surface area contributed by atoms with Gasteiger partial charge in [0, 0.05) is 5.56 Å². The summed E-state index contributed by atoms with van der Waals surface area (Å²) in [5.41, 5.74) is 3.94. The average Bonchev–Trinajstić information content (AvgIpc) is 2.87. The first-order valence-electron chi connectivity index (χ1n) is 11.2. The van der Waals surface area contributed by atoms with Gasteiger partial charge in [-0.2, -0.15) is 5.26 Å². The normalized spacial score (nSPS) is 12.1. The summed E-state index contributed by atoms with van der Waals surface area (Å²) in [7, 11) is 0. The average molecular weight is 447 g/mol. The van der Waals surface area contributed by atoms with Crippen molar-refractivity contribution in [3.63, 3.8) is 0 Å². The molecular formula is C30H26N2O2. The number of hydrogen-bond donors (Lipinski definition) is 1. The molecule has 4 rings (SSSR count). The van der Waals surface area contributed by atoms with Gasteiger partial charge in [0.25, 0.3) is 5.91 Å². The zero-order valence-corrected chi connectivity index (χ0v) is 19.3. The van der Waals surface area contributed by atoms with E-state index in [9.17, 15) is 10.1 Å². The standard InChI is InChI=1S/C30H26N2O2/c1-21-12-14-23(15-13-21)20-34-29-17-16-25-10-6-7-11-27(25)28(29)18-26(19-31)30(33)32-22(2)24-8-4-3-5-9-24/h3-18,22H,20H2,1-2H3,(H,32,33)/b26-18-/t22-/m0/s1. The summed E-state index contributed by atoms with van der Waals surface area (Å²) in [6.07, 6.45) is 1.62. The molecule has 0 unspecified atom stereocenters. The highest BCUT2D eigenvalue weighted by Crippen LogP contribution is 2.31. The van der Waals surface area contributed by atoms with Crippen LogP contribution in [0, 0.1) is 18.3 Å². The third-order valence-electron chi connectivity index (χ3n) is 5.75.